The third kappa shape index (κ3) is 5.84. The first-order valence-corrected chi connectivity index (χ1v) is 6.06. The number of amides is 2. The van der Waals surface area contributed by atoms with E-state index in [1.165, 1.54) is 0 Å². The van der Waals surface area contributed by atoms with Gasteiger partial charge in [-0.1, -0.05) is 12.1 Å². The second-order valence-electron chi connectivity index (χ2n) is 4.08. The Labute approximate surface area is 110 Å². The van der Waals surface area contributed by atoms with Crippen molar-refractivity contribution in [1.82, 2.24) is 20.8 Å². The van der Waals surface area contributed by atoms with Crippen molar-refractivity contribution in [1.29, 1.82) is 0 Å². The smallest absolute Gasteiger partial charge is 0.315 e. The van der Waals surface area contributed by atoms with Crippen molar-refractivity contribution in [2.75, 3.05) is 6.54 Å². The maximum absolute atomic E-state index is 11.5. The topological polar surface area (TPSA) is 117 Å². The number of rotatable bonds is 7. The summed E-state index contributed by atoms with van der Waals surface area (Å²) in [5.74, 6) is 0.0664. The average Bonchev–Trinajstić information content (AvgIpc) is 2.73. The molecule has 1 unspecified atom stereocenters. The zero-order valence-electron chi connectivity index (χ0n) is 11.0. The van der Waals surface area contributed by atoms with Crippen LogP contribution in [0.5, 0.6) is 0 Å². The molecule has 1 heterocycles. The Morgan fingerprint density at radius 1 is 1.47 bits per heavy atom. The normalized spacial score (nSPS) is 11.9. The number of carboxylic acid groups (broad SMARTS) is 1. The quantitative estimate of drug-likeness (QED) is 0.663. The number of carbonyl (C=O) groups is 2. The Bertz CT molecular complexity index is 432. The summed E-state index contributed by atoms with van der Waals surface area (Å²) in [6, 6.07) is -0.766. The molecule has 8 nitrogen and oxygen atoms in total. The highest BCUT2D eigenvalue weighted by Crippen LogP contribution is 1.97. The molecule has 0 saturated heterocycles. The number of aryl methyl sites for hydroxylation is 1. The molecule has 0 aliphatic rings. The summed E-state index contributed by atoms with van der Waals surface area (Å²) in [5.41, 5.74) is 0. The van der Waals surface area contributed by atoms with Gasteiger partial charge in [0.25, 0.3) is 0 Å². The Morgan fingerprint density at radius 3 is 2.74 bits per heavy atom. The van der Waals surface area contributed by atoms with Crippen LogP contribution in [0.4, 0.5) is 4.79 Å². The molecule has 0 aliphatic carbocycles. The molecule has 0 saturated carbocycles. The lowest BCUT2D eigenvalue weighted by atomic mass is 10.1. The Balaban J connectivity index is 2.25. The molecule has 2 amide bonds. The molecule has 0 bridgehead atoms. The lowest BCUT2D eigenvalue weighted by Gasteiger charge is -2.15. The standard InChI is InChI=1S/C11H18N4O4/c1-3-8(6-10(16)17)14-11(18)12-5-4-9-13-7(2)19-15-9/h8H,3-6H2,1-2H3,(H,16,17)(H2,12,14,18). The van der Waals surface area contributed by atoms with Crippen molar-refractivity contribution in [2.24, 2.45) is 0 Å². The van der Waals surface area contributed by atoms with Crippen LogP contribution in [0.3, 0.4) is 0 Å². The predicted octanol–water partition coefficient (Wildman–Crippen LogP) is 0.473. The van der Waals surface area contributed by atoms with E-state index in [4.69, 9.17) is 9.63 Å². The van der Waals surface area contributed by atoms with E-state index in [1.54, 1.807) is 6.92 Å². The highest BCUT2D eigenvalue weighted by Gasteiger charge is 2.13. The van der Waals surface area contributed by atoms with Gasteiger partial charge in [0.15, 0.2) is 5.82 Å². The zero-order valence-corrected chi connectivity index (χ0v) is 11.0. The van der Waals surface area contributed by atoms with Crippen molar-refractivity contribution in [3.8, 4) is 0 Å². The van der Waals surface area contributed by atoms with Gasteiger partial charge in [-0.15, -0.1) is 0 Å². The summed E-state index contributed by atoms with van der Waals surface area (Å²) in [7, 11) is 0. The average molecular weight is 270 g/mol. The Kier molecular flexibility index (Phi) is 5.77. The molecule has 1 aromatic rings. The summed E-state index contributed by atoms with van der Waals surface area (Å²) >= 11 is 0. The molecule has 0 spiro atoms. The maximum Gasteiger partial charge on any atom is 0.315 e. The number of urea groups is 1. The molecule has 1 rings (SSSR count). The van der Waals surface area contributed by atoms with Gasteiger partial charge in [0, 0.05) is 25.9 Å². The van der Waals surface area contributed by atoms with Crippen molar-refractivity contribution in [2.45, 2.75) is 39.2 Å². The van der Waals surface area contributed by atoms with Crippen LogP contribution in [0.2, 0.25) is 0 Å². The first-order valence-electron chi connectivity index (χ1n) is 6.06. The molecule has 8 heteroatoms. The summed E-state index contributed by atoms with van der Waals surface area (Å²) < 4.78 is 4.79. The van der Waals surface area contributed by atoms with Crippen molar-refractivity contribution in [3.63, 3.8) is 0 Å². The van der Waals surface area contributed by atoms with E-state index in [0.29, 0.717) is 31.1 Å². The van der Waals surface area contributed by atoms with Crippen LogP contribution in [0.15, 0.2) is 4.52 Å². The van der Waals surface area contributed by atoms with Gasteiger partial charge in [-0.2, -0.15) is 4.98 Å². The predicted molar refractivity (Wildman–Crippen MR) is 65.6 cm³/mol. The third-order valence-corrected chi connectivity index (χ3v) is 2.45. The van der Waals surface area contributed by atoms with Crippen molar-refractivity contribution >= 4 is 12.0 Å². The third-order valence-electron chi connectivity index (χ3n) is 2.45. The lowest BCUT2D eigenvalue weighted by Crippen LogP contribution is -2.43. The van der Waals surface area contributed by atoms with Crippen LogP contribution in [-0.4, -0.2) is 39.8 Å². The minimum absolute atomic E-state index is 0.0893. The van der Waals surface area contributed by atoms with Gasteiger partial charge in [-0.25, -0.2) is 4.79 Å². The molecule has 0 aromatic carbocycles. The highest BCUT2D eigenvalue weighted by molar-refractivity contribution is 5.75. The van der Waals surface area contributed by atoms with Crippen LogP contribution < -0.4 is 10.6 Å². The highest BCUT2D eigenvalue weighted by atomic mass is 16.5. The largest absolute Gasteiger partial charge is 0.481 e. The van der Waals surface area contributed by atoms with Gasteiger partial charge in [0.1, 0.15) is 0 Å². The molecule has 1 atom stereocenters. The fraction of sp³-hybridized carbons (Fsp3) is 0.636. The fourth-order valence-corrected chi connectivity index (χ4v) is 1.48. The monoisotopic (exact) mass is 270 g/mol. The molecule has 106 valence electrons. The SMILES string of the molecule is CCC(CC(=O)O)NC(=O)NCCc1noc(C)n1. The van der Waals surface area contributed by atoms with Gasteiger partial charge in [-0.3, -0.25) is 4.79 Å². The number of aliphatic carboxylic acids is 1. The van der Waals surface area contributed by atoms with Gasteiger partial charge in [0.05, 0.1) is 6.42 Å². The Morgan fingerprint density at radius 2 is 2.21 bits per heavy atom. The van der Waals surface area contributed by atoms with Crippen LogP contribution in [-0.2, 0) is 11.2 Å². The van der Waals surface area contributed by atoms with E-state index in [9.17, 15) is 9.59 Å². The second kappa shape index (κ2) is 7.34. The maximum atomic E-state index is 11.5. The first-order chi connectivity index (χ1) is 9.01. The minimum atomic E-state index is -0.936. The number of nitrogens with zero attached hydrogens (tertiary/aromatic N) is 2. The minimum Gasteiger partial charge on any atom is -0.481 e. The van der Waals surface area contributed by atoms with E-state index in [0.717, 1.165) is 0 Å². The van der Waals surface area contributed by atoms with Gasteiger partial charge >= 0.3 is 12.0 Å². The van der Waals surface area contributed by atoms with Crippen molar-refractivity contribution in [3.05, 3.63) is 11.7 Å². The zero-order chi connectivity index (χ0) is 14.3. The summed E-state index contributed by atoms with van der Waals surface area (Å²) in [4.78, 5) is 26.1. The number of hydrogen-bond acceptors (Lipinski definition) is 5. The Hall–Kier alpha value is -2.12. The van der Waals surface area contributed by atoms with Gasteiger partial charge in [0.2, 0.25) is 5.89 Å². The molecular formula is C11H18N4O4. The molecular weight excluding hydrogens is 252 g/mol. The summed E-state index contributed by atoms with van der Waals surface area (Å²) in [5, 5.41) is 17.6. The number of hydrogen-bond donors (Lipinski definition) is 3. The lowest BCUT2D eigenvalue weighted by molar-refractivity contribution is -0.137. The molecule has 19 heavy (non-hydrogen) atoms. The van der Waals surface area contributed by atoms with Gasteiger partial charge in [-0.05, 0) is 6.42 Å². The van der Waals surface area contributed by atoms with Crippen LogP contribution >= 0.6 is 0 Å². The number of carboxylic acids is 1. The number of aromatic nitrogens is 2. The van der Waals surface area contributed by atoms with E-state index in [1.807, 2.05) is 6.92 Å². The van der Waals surface area contributed by atoms with E-state index in [-0.39, 0.29) is 12.5 Å². The van der Waals surface area contributed by atoms with Crippen LogP contribution in [0.25, 0.3) is 0 Å². The molecule has 1 aromatic heterocycles. The number of nitrogens with one attached hydrogen (secondary N) is 2. The van der Waals surface area contributed by atoms with E-state index < -0.39 is 12.0 Å². The van der Waals surface area contributed by atoms with E-state index in [2.05, 4.69) is 20.8 Å². The first kappa shape index (κ1) is 14.9. The molecule has 0 fully saturated rings. The fourth-order valence-electron chi connectivity index (χ4n) is 1.48. The number of carbonyl (C=O) groups excluding carboxylic acids is 1. The molecule has 3 N–H and O–H groups in total. The molecule has 0 radical (unpaired) electrons. The van der Waals surface area contributed by atoms with Gasteiger partial charge < -0.3 is 20.3 Å². The summed E-state index contributed by atoms with van der Waals surface area (Å²) in [6.07, 6.45) is 0.929. The van der Waals surface area contributed by atoms with E-state index >= 15 is 0 Å². The second-order valence-corrected chi connectivity index (χ2v) is 4.08. The van der Waals surface area contributed by atoms with Crippen LogP contribution in [0.1, 0.15) is 31.5 Å². The van der Waals surface area contributed by atoms with Crippen LogP contribution in [0, 0.1) is 6.92 Å². The molecule has 0 aliphatic heterocycles. The van der Waals surface area contributed by atoms with Crippen molar-refractivity contribution < 1.29 is 19.2 Å². The summed E-state index contributed by atoms with van der Waals surface area (Å²) in [6.45, 7) is 3.86.